The van der Waals surface area contributed by atoms with Crippen LogP contribution in [0.1, 0.15) is 11.4 Å². The second-order valence-electron chi connectivity index (χ2n) is 4.58. The predicted molar refractivity (Wildman–Crippen MR) is 76.0 cm³/mol. The number of ether oxygens (including phenoxy) is 1. The van der Waals surface area contributed by atoms with E-state index in [0.29, 0.717) is 18.0 Å². The first-order valence-electron chi connectivity index (χ1n) is 6.24. The van der Waals surface area contributed by atoms with Gasteiger partial charge in [-0.2, -0.15) is 0 Å². The number of hydrogen-bond acceptors (Lipinski definition) is 6. The standard InChI is InChI=1S/C12H17N5O3S/c1-8-4-5-10(9(2)14-8)11-15-16-12(21(13,18)19)17(11)6-7-20-3/h4-5H,6-7H2,1-3H3,(H2,13,18,19). The second-order valence-corrected chi connectivity index (χ2v) is 6.04. The molecule has 2 rings (SSSR count). The smallest absolute Gasteiger partial charge is 0.273 e. The van der Waals surface area contributed by atoms with Crippen molar-refractivity contribution < 1.29 is 13.2 Å². The highest BCUT2D eigenvalue weighted by Crippen LogP contribution is 2.22. The van der Waals surface area contributed by atoms with Crippen LogP contribution in [-0.2, 0) is 21.3 Å². The molecule has 8 nitrogen and oxygen atoms in total. The quantitative estimate of drug-likeness (QED) is 0.847. The Bertz CT molecular complexity index is 754. The maximum atomic E-state index is 11.6. The molecule has 0 atom stereocenters. The van der Waals surface area contributed by atoms with Gasteiger partial charge in [0.05, 0.1) is 13.2 Å². The van der Waals surface area contributed by atoms with E-state index >= 15 is 0 Å². The average Bonchev–Trinajstić information content (AvgIpc) is 2.79. The monoisotopic (exact) mass is 311 g/mol. The van der Waals surface area contributed by atoms with E-state index < -0.39 is 10.0 Å². The molecule has 0 saturated carbocycles. The maximum absolute atomic E-state index is 11.6. The summed E-state index contributed by atoms with van der Waals surface area (Å²) in [5, 5.41) is 12.5. The Kier molecular flexibility index (Phi) is 4.35. The minimum absolute atomic E-state index is 0.276. The number of aryl methyl sites for hydroxylation is 2. The Labute approximate surface area is 123 Å². The maximum Gasteiger partial charge on any atom is 0.273 e. The Balaban J connectivity index is 2.60. The molecule has 2 heterocycles. The average molecular weight is 311 g/mol. The summed E-state index contributed by atoms with van der Waals surface area (Å²) in [4.78, 5) is 4.35. The Morgan fingerprint density at radius 3 is 2.57 bits per heavy atom. The highest BCUT2D eigenvalue weighted by Gasteiger charge is 2.22. The zero-order valence-electron chi connectivity index (χ0n) is 12.1. The van der Waals surface area contributed by atoms with Crippen LogP contribution in [0.4, 0.5) is 0 Å². The summed E-state index contributed by atoms with van der Waals surface area (Å²) in [6, 6.07) is 3.66. The van der Waals surface area contributed by atoms with Gasteiger partial charge in [-0.3, -0.25) is 9.55 Å². The number of nitrogens with zero attached hydrogens (tertiary/aromatic N) is 4. The summed E-state index contributed by atoms with van der Waals surface area (Å²) in [7, 11) is -2.43. The second kappa shape index (κ2) is 5.88. The van der Waals surface area contributed by atoms with E-state index in [9.17, 15) is 8.42 Å². The fraction of sp³-hybridized carbons (Fsp3) is 0.417. The van der Waals surface area contributed by atoms with Gasteiger partial charge in [-0.1, -0.05) is 0 Å². The number of pyridine rings is 1. The lowest BCUT2D eigenvalue weighted by Crippen LogP contribution is -2.20. The van der Waals surface area contributed by atoms with Gasteiger partial charge in [0.25, 0.3) is 15.2 Å². The SMILES string of the molecule is COCCn1c(-c2ccc(C)nc2C)nnc1S(N)(=O)=O. The van der Waals surface area contributed by atoms with E-state index in [4.69, 9.17) is 9.88 Å². The van der Waals surface area contributed by atoms with E-state index in [0.717, 1.165) is 11.4 Å². The van der Waals surface area contributed by atoms with Crippen LogP contribution in [0.25, 0.3) is 11.4 Å². The lowest BCUT2D eigenvalue weighted by Gasteiger charge is -2.10. The third-order valence-corrected chi connectivity index (χ3v) is 3.77. The first-order valence-corrected chi connectivity index (χ1v) is 7.78. The summed E-state index contributed by atoms with van der Waals surface area (Å²) in [6.07, 6.45) is 0. The summed E-state index contributed by atoms with van der Waals surface area (Å²) >= 11 is 0. The molecule has 0 fully saturated rings. The molecule has 2 aromatic rings. The van der Waals surface area contributed by atoms with Crippen molar-refractivity contribution in [2.24, 2.45) is 5.14 Å². The van der Waals surface area contributed by atoms with Gasteiger partial charge < -0.3 is 4.74 Å². The molecule has 0 aromatic carbocycles. The van der Waals surface area contributed by atoms with Crippen molar-refractivity contribution in [1.82, 2.24) is 19.7 Å². The summed E-state index contributed by atoms with van der Waals surface area (Å²) in [5.41, 5.74) is 2.31. The Morgan fingerprint density at radius 1 is 1.29 bits per heavy atom. The molecule has 2 aromatic heterocycles. The largest absolute Gasteiger partial charge is 0.383 e. The van der Waals surface area contributed by atoms with Crippen LogP contribution in [0.15, 0.2) is 17.3 Å². The topological polar surface area (TPSA) is 113 Å². The van der Waals surface area contributed by atoms with Gasteiger partial charge in [0, 0.05) is 24.1 Å². The minimum atomic E-state index is -3.96. The molecule has 0 aliphatic heterocycles. The third-order valence-electron chi connectivity index (χ3n) is 2.96. The zero-order chi connectivity index (χ0) is 15.6. The van der Waals surface area contributed by atoms with E-state index in [1.165, 1.54) is 11.7 Å². The van der Waals surface area contributed by atoms with Gasteiger partial charge in [0.2, 0.25) is 0 Å². The highest BCUT2D eigenvalue weighted by atomic mass is 32.2. The molecular formula is C12H17N5O3S. The molecular weight excluding hydrogens is 294 g/mol. The van der Waals surface area contributed by atoms with Gasteiger partial charge in [0.1, 0.15) is 0 Å². The number of sulfonamides is 1. The van der Waals surface area contributed by atoms with Gasteiger partial charge in [0.15, 0.2) is 5.82 Å². The number of methoxy groups -OCH3 is 1. The lowest BCUT2D eigenvalue weighted by atomic mass is 10.1. The highest BCUT2D eigenvalue weighted by molar-refractivity contribution is 7.89. The van der Waals surface area contributed by atoms with Crippen LogP contribution >= 0.6 is 0 Å². The predicted octanol–water partition coefficient (Wildman–Crippen LogP) is 0.251. The molecule has 0 bridgehead atoms. The van der Waals surface area contributed by atoms with Gasteiger partial charge in [-0.05, 0) is 26.0 Å². The van der Waals surface area contributed by atoms with Crippen molar-refractivity contribution in [2.45, 2.75) is 25.5 Å². The molecule has 0 unspecified atom stereocenters. The molecule has 0 saturated heterocycles. The van der Waals surface area contributed by atoms with Crippen LogP contribution in [-0.4, -0.2) is 41.9 Å². The molecule has 9 heteroatoms. The number of rotatable bonds is 5. The van der Waals surface area contributed by atoms with Crippen LogP contribution in [0.5, 0.6) is 0 Å². The van der Waals surface area contributed by atoms with Crippen LogP contribution in [0.2, 0.25) is 0 Å². The summed E-state index contributed by atoms with van der Waals surface area (Å²) in [5.74, 6) is 0.404. The molecule has 21 heavy (non-hydrogen) atoms. The van der Waals surface area contributed by atoms with Crippen LogP contribution in [0.3, 0.4) is 0 Å². The fourth-order valence-corrected chi connectivity index (χ4v) is 2.65. The number of primary sulfonamides is 1. The molecule has 2 N–H and O–H groups in total. The van der Waals surface area contributed by atoms with E-state index in [-0.39, 0.29) is 11.7 Å². The van der Waals surface area contributed by atoms with Crippen LogP contribution in [0, 0.1) is 13.8 Å². The molecule has 114 valence electrons. The molecule has 0 aliphatic rings. The molecule has 0 spiro atoms. The Hall–Kier alpha value is -1.84. The van der Waals surface area contributed by atoms with E-state index in [2.05, 4.69) is 15.2 Å². The first kappa shape index (κ1) is 15.5. The van der Waals surface area contributed by atoms with E-state index in [1.54, 1.807) is 0 Å². The van der Waals surface area contributed by atoms with Crippen molar-refractivity contribution in [1.29, 1.82) is 0 Å². The summed E-state index contributed by atoms with van der Waals surface area (Å²) < 4.78 is 29.6. The van der Waals surface area contributed by atoms with Crippen molar-refractivity contribution in [2.75, 3.05) is 13.7 Å². The Morgan fingerprint density at radius 2 is 2.00 bits per heavy atom. The number of nitrogens with two attached hydrogens (primary N) is 1. The van der Waals surface area contributed by atoms with Gasteiger partial charge in [-0.15, -0.1) is 10.2 Å². The van der Waals surface area contributed by atoms with Crippen molar-refractivity contribution in [3.63, 3.8) is 0 Å². The lowest BCUT2D eigenvalue weighted by molar-refractivity contribution is 0.185. The van der Waals surface area contributed by atoms with E-state index in [1.807, 2.05) is 26.0 Å². The molecule has 0 radical (unpaired) electrons. The molecule has 0 amide bonds. The van der Waals surface area contributed by atoms with Crippen molar-refractivity contribution >= 4 is 10.0 Å². The number of hydrogen-bond donors (Lipinski definition) is 1. The minimum Gasteiger partial charge on any atom is -0.383 e. The third kappa shape index (κ3) is 3.26. The van der Waals surface area contributed by atoms with Gasteiger partial charge in [-0.25, -0.2) is 13.6 Å². The number of aromatic nitrogens is 4. The first-order chi connectivity index (χ1) is 9.84. The van der Waals surface area contributed by atoms with Crippen LogP contribution < -0.4 is 5.14 Å². The molecule has 0 aliphatic carbocycles. The van der Waals surface area contributed by atoms with Crippen molar-refractivity contribution in [3.05, 3.63) is 23.5 Å². The summed E-state index contributed by atoms with van der Waals surface area (Å²) in [6.45, 7) is 4.29. The van der Waals surface area contributed by atoms with Crippen molar-refractivity contribution in [3.8, 4) is 11.4 Å². The zero-order valence-corrected chi connectivity index (χ0v) is 12.9. The normalized spacial score (nSPS) is 11.8. The van der Waals surface area contributed by atoms with Gasteiger partial charge >= 0.3 is 0 Å². The fourth-order valence-electron chi connectivity index (χ4n) is 2.01.